The highest BCUT2D eigenvalue weighted by atomic mass is 35.5. The lowest BCUT2D eigenvalue weighted by Gasteiger charge is -2.17. The molecule has 0 bridgehead atoms. The van der Waals surface area contributed by atoms with Crippen molar-refractivity contribution in [2.75, 3.05) is 36.2 Å². The number of hydrogen-bond donors (Lipinski definition) is 1. The third kappa shape index (κ3) is 2.98. The van der Waals surface area contributed by atoms with Gasteiger partial charge in [0.25, 0.3) is 0 Å². The molecule has 0 radical (unpaired) electrons. The molecule has 0 amide bonds. The van der Waals surface area contributed by atoms with Crippen LogP contribution in [-0.2, 0) is 11.2 Å². The Labute approximate surface area is 122 Å². The molecule has 0 unspecified atom stereocenters. The molecule has 1 fully saturated rings. The van der Waals surface area contributed by atoms with Crippen molar-refractivity contribution in [2.45, 2.75) is 26.2 Å². The Balaban J connectivity index is 2.35. The van der Waals surface area contributed by atoms with E-state index in [0.29, 0.717) is 29.5 Å². The predicted molar refractivity (Wildman–Crippen MR) is 80.6 cm³/mol. The molecular weight excluding hydrogens is 284 g/mol. The summed E-state index contributed by atoms with van der Waals surface area (Å²) >= 11 is 7.29. The first-order valence-electron chi connectivity index (χ1n) is 6.58. The summed E-state index contributed by atoms with van der Waals surface area (Å²) in [4.78, 5) is 14.7. The van der Waals surface area contributed by atoms with Gasteiger partial charge in [0, 0.05) is 24.5 Å². The van der Waals surface area contributed by atoms with Gasteiger partial charge >= 0.3 is 5.97 Å². The fourth-order valence-corrected chi connectivity index (χ4v) is 3.73. The van der Waals surface area contributed by atoms with Crippen molar-refractivity contribution >= 4 is 39.6 Å². The summed E-state index contributed by atoms with van der Waals surface area (Å²) in [5.74, 6) is 0.176. The lowest BCUT2D eigenvalue weighted by Crippen LogP contribution is -2.17. The van der Waals surface area contributed by atoms with Crippen molar-refractivity contribution in [1.82, 2.24) is 0 Å². The summed E-state index contributed by atoms with van der Waals surface area (Å²) in [6, 6.07) is 0. The average molecular weight is 303 g/mol. The number of carbonyl (C=O) groups is 1. The van der Waals surface area contributed by atoms with Gasteiger partial charge in [-0.15, -0.1) is 22.9 Å². The van der Waals surface area contributed by atoms with Crippen molar-refractivity contribution in [2.24, 2.45) is 0 Å². The minimum Gasteiger partial charge on any atom is -0.462 e. The molecule has 2 rings (SSSR count). The first kappa shape index (κ1) is 14.5. The summed E-state index contributed by atoms with van der Waals surface area (Å²) in [6.07, 6.45) is 3.06. The third-order valence-electron chi connectivity index (χ3n) is 3.23. The summed E-state index contributed by atoms with van der Waals surface area (Å²) in [6.45, 7) is 4.21. The monoisotopic (exact) mass is 302 g/mol. The van der Waals surface area contributed by atoms with E-state index in [1.807, 2.05) is 0 Å². The number of thiophene rings is 1. The minimum atomic E-state index is -0.328. The molecule has 2 heterocycles. The van der Waals surface area contributed by atoms with Gasteiger partial charge in [-0.3, -0.25) is 0 Å². The summed E-state index contributed by atoms with van der Waals surface area (Å²) < 4.78 is 5.06. The van der Waals surface area contributed by atoms with Gasteiger partial charge in [0.05, 0.1) is 17.3 Å². The SMILES string of the molecule is CCOC(=O)c1sc(N2CCCC2)c(CCCl)c1N. The molecular formula is C13H19ClN2O2S. The van der Waals surface area contributed by atoms with Crippen LogP contribution in [0.15, 0.2) is 0 Å². The molecule has 1 saturated heterocycles. The van der Waals surface area contributed by atoms with E-state index in [4.69, 9.17) is 22.1 Å². The van der Waals surface area contributed by atoms with Crippen LogP contribution in [-0.4, -0.2) is 31.5 Å². The summed E-state index contributed by atoms with van der Waals surface area (Å²) in [5.41, 5.74) is 7.67. The number of esters is 1. The van der Waals surface area contributed by atoms with Crippen molar-refractivity contribution in [3.63, 3.8) is 0 Å². The highest BCUT2D eigenvalue weighted by molar-refractivity contribution is 7.18. The normalized spacial score (nSPS) is 14.9. The Morgan fingerprint density at radius 3 is 2.74 bits per heavy atom. The van der Waals surface area contributed by atoms with Crippen LogP contribution in [0.1, 0.15) is 35.0 Å². The van der Waals surface area contributed by atoms with Gasteiger partial charge in [0.15, 0.2) is 0 Å². The lowest BCUT2D eigenvalue weighted by atomic mass is 10.2. The maximum atomic E-state index is 11.9. The first-order valence-corrected chi connectivity index (χ1v) is 7.93. The molecule has 1 aliphatic heterocycles. The van der Waals surface area contributed by atoms with Crippen LogP contribution in [0.4, 0.5) is 10.7 Å². The minimum absolute atomic E-state index is 0.328. The van der Waals surface area contributed by atoms with Gasteiger partial charge in [-0.1, -0.05) is 0 Å². The van der Waals surface area contributed by atoms with Crippen LogP contribution < -0.4 is 10.6 Å². The molecule has 6 heteroatoms. The molecule has 19 heavy (non-hydrogen) atoms. The van der Waals surface area contributed by atoms with E-state index in [1.54, 1.807) is 6.92 Å². The zero-order chi connectivity index (χ0) is 13.8. The largest absolute Gasteiger partial charge is 0.462 e. The third-order valence-corrected chi connectivity index (χ3v) is 4.70. The van der Waals surface area contributed by atoms with Crippen LogP contribution in [0.25, 0.3) is 0 Å². The first-order chi connectivity index (χ1) is 9.19. The van der Waals surface area contributed by atoms with E-state index in [1.165, 1.54) is 24.2 Å². The zero-order valence-corrected chi connectivity index (χ0v) is 12.6. The van der Waals surface area contributed by atoms with Crippen LogP contribution in [0.2, 0.25) is 0 Å². The number of nitrogens with zero attached hydrogens (tertiary/aromatic N) is 1. The van der Waals surface area contributed by atoms with Crippen LogP contribution in [0.5, 0.6) is 0 Å². The van der Waals surface area contributed by atoms with E-state index in [0.717, 1.165) is 23.7 Å². The topological polar surface area (TPSA) is 55.6 Å². The van der Waals surface area contributed by atoms with Crippen molar-refractivity contribution in [1.29, 1.82) is 0 Å². The molecule has 0 aliphatic carbocycles. The van der Waals surface area contributed by atoms with Crippen molar-refractivity contribution < 1.29 is 9.53 Å². The highest BCUT2D eigenvalue weighted by Gasteiger charge is 2.25. The molecule has 106 valence electrons. The van der Waals surface area contributed by atoms with Gasteiger partial charge in [-0.25, -0.2) is 4.79 Å². The van der Waals surface area contributed by atoms with Gasteiger partial charge in [0.1, 0.15) is 4.88 Å². The van der Waals surface area contributed by atoms with E-state index in [2.05, 4.69) is 4.90 Å². The van der Waals surface area contributed by atoms with Crippen LogP contribution in [0, 0.1) is 0 Å². The fraction of sp³-hybridized carbons (Fsp3) is 0.615. The van der Waals surface area contributed by atoms with E-state index >= 15 is 0 Å². The maximum absolute atomic E-state index is 11.9. The number of halogens is 1. The smallest absolute Gasteiger partial charge is 0.350 e. The number of ether oxygens (including phenoxy) is 1. The number of nitrogen functional groups attached to an aromatic ring is 1. The van der Waals surface area contributed by atoms with Gasteiger partial charge < -0.3 is 15.4 Å². The van der Waals surface area contributed by atoms with Gasteiger partial charge in [-0.2, -0.15) is 0 Å². The van der Waals surface area contributed by atoms with Crippen molar-refractivity contribution in [3.8, 4) is 0 Å². The van der Waals surface area contributed by atoms with Crippen LogP contribution in [0.3, 0.4) is 0 Å². The molecule has 1 aromatic rings. The Kier molecular flexibility index (Phi) is 4.93. The second kappa shape index (κ2) is 6.48. The van der Waals surface area contributed by atoms with E-state index in [-0.39, 0.29) is 5.97 Å². The fourth-order valence-electron chi connectivity index (χ4n) is 2.33. The number of nitrogens with two attached hydrogens (primary N) is 1. The zero-order valence-electron chi connectivity index (χ0n) is 11.1. The summed E-state index contributed by atoms with van der Waals surface area (Å²) in [7, 11) is 0. The van der Waals surface area contributed by atoms with E-state index < -0.39 is 0 Å². The molecule has 4 nitrogen and oxygen atoms in total. The number of hydrogen-bond acceptors (Lipinski definition) is 5. The Bertz CT molecular complexity index is 456. The molecule has 0 spiro atoms. The Morgan fingerprint density at radius 1 is 1.47 bits per heavy atom. The highest BCUT2D eigenvalue weighted by Crippen LogP contribution is 2.40. The number of rotatable bonds is 5. The second-order valence-corrected chi connectivity index (χ2v) is 5.86. The van der Waals surface area contributed by atoms with Gasteiger partial charge in [-0.05, 0) is 26.2 Å². The molecule has 0 atom stereocenters. The average Bonchev–Trinajstić information content (AvgIpc) is 3.00. The number of alkyl halides is 1. The maximum Gasteiger partial charge on any atom is 0.350 e. The number of anilines is 2. The molecule has 0 aromatic carbocycles. The van der Waals surface area contributed by atoms with Crippen molar-refractivity contribution in [3.05, 3.63) is 10.4 Å². The molecule has 1 aliphatic rings. The molecule has 1 aromatic heterocycles. The quantitative estimate of drug-likeness (QED) is 0.671. The summed E-state index contributed by atoms with van der Waals surface area (Å²) in [5, 5.41) is 1.10. The Hall–Kier alpha value is -0.940. The predicted octanol–water partition coefficient (Wildman–Crippen LogP) is 2.89. The van der Waals surface area contributed by atoms with Crippen LogP contribution >= 0.6 is 22.9 Å². The molecule has 0 saturated carbocycles. The Morgan fingerprint density at radius 2 is 2.16 bits per heavy atom. The number of carbonyl (C=O) groups excluding carboxylic acids is 1. The van der Waals surface area contributed by atoms with Gasteiger partial charge in [0.2, 0.25) is 0 Å². The molecule has 2 N–H and O–H groups in total. The second-order valence-electron chi connectivity index (χ2n) is 4.48. The van der Waals surface area contributed by atoms with E-state index in [9.17, 15) is 4.79 Å². The lowest BCUT2D eigenvalue weighted by molar-refractivity contribution is 0.0533. The standard InChI is InChI=1S/C13H19ClN2O2S/c1-2-18-13(17)11-10(15)9(5-6-14)12(19-11)16-7-3-4-8-16/h2-8,15H2,1H3.